The van der Waals surface area contributed by atoms with Gasteiger partial charge in [-0.3, -0.25) is 0 Å². The Bertz CT molecular complexity index is 104. The smallest absolute Gasteiger partial charge is 0.385 e. The van der Waals surface area contributed by atoms with E-state index in [4.69, 9.17) is 5.73 Å². The highest BCUT2D eigenvalue weighted by molar-refractivity contribution is 4.67. The number of hydrogen-bond acceptors (Lipinski definition) is 2. The fourth-order valence-corrected chi connectivity index (χ4v) is 0.675. The second-order valence-corrected chi connectivity index (χ2v) is 2.26. The van der Waals surface area contributed by atoms with Crippen LogP contribution in [0.1, 0.15) is 6.42 Å². The normalized spacial score (nSPS) is 15.0. The number of rotatable bonds is 4. The lowest BCUT2D eigenvalue weighted by Gasteiger charge is -2.17. The average molecular weight is 171 g/mol. The molecule has 0 aromatic rings. The van der Waals surface area contributed by atoms with Crippen molar-refractivity contribution in [2.75, 3.05) is 20.3 Å². The van der Waals surface area contributed by atoms with Gasteiger partial charge < -0.3 is 10.5 Å². The van der Waals surface area contributed by atoms with E-state index in [9.17, 15) is 13.2 Å². The second-order valence-electron chi connectivity index (χ2n) is 2.26. The van der Waals surface area contributed by atoms with E-state index >= 15 is 0 Å². The van der Waals surface area contributed by atoms with Crippen LogP contribution in [0.25, 0.3) is 0 Å². The molecule has 0 rings (SSSR count). The van der Waals surface area contributed by atoms with E-state index in [0.29, 0.717) is 0 Å². The largest absolute Gasteiger partial charge is 0.393 e. The van der Waals surface area contributed by atoms with Crippen LogP contribution in [0.5, 0.6) is 0 Å². The predicted molar refractivity (Wildman–Crippen MR) is 35.1 cm³/mol. The van der Waals surface area contributed by atoms with Crippen molar-refractivity contribution >= 4 is 0 Å². The van der Waals surface area contributed by atoms with E-state index in [1.807, 2.05) is 0 Å². The minimum Gasteiger partial charge on any atom is -0.385 e. The third-order valence-corrected chi connectivity index (χ3v) is 1.42. The van der Waals surface area contributed by atoms with Crippen molar-refractivity contribution in [3.05, 3.63) is 0 Å². The zero-order valence-electron chi connectivity index (χ0n) is 6.32. The highest BCUT2D eigenvalue weighted by atomic mass is 19.4. The van der Waals surface area contributed by atoms with Crippen molar-refractivity contribution in [2.45, 2.75) is 12.6 Å². The summed E-state index contributed by atoms with van der Waals surface area (Å²) in [6.07, 6.45) is -4.25. The summed E-state index contributed by atoms with van der Waals surface area (Å²) in [7, 11) is 1.37. The molecule has 1 atom stereocenters. The Labute approximate surface area is 63.5 Å². The molecule has 0 aromatic carbocycles. The molecule has 1 unspecified atom stereocenters. The summed E-state index contributed by atoms with van der Waals surface area (Å²) in [4.78, 5) is 0. The van der Waals surface area contributed by atoms with Crippen LogP contribution in [-0.2, 0) is 4.74 Å². The van der Waals surface area contributed by atoms with Gasteiger partial charge in [0, 0.05) is 20.3 Å². The lowest BCUT2D eigenvalue weighted by atomic mass is 10.1. The molecule has 0 spiro atoms. The van der Waals surface area contributed by atoms with Gasteiger partial charge in [-0.15, -0.1) is 0 Å². The molecule has 2 nitrogen and oxygen atoms in total. The quantitative estimate of drug-likeness (QED) is 0.688. The molecule has 0 saturated heterocycles. The van der Waals surface area contributed by atoms with Gasteiger partial charge in [-0.2, -0.15) is 13.2 Å². The number of ether oxygens (including phenoxy) is 1. The average Bonchev–Trinajstić information content (AvgIpc) is 1.87. The summed E-state index contributed by atoms with van der Waals surface area (Å²) in [6.45, 7) is -0.270. The van der Waals surface area contributed by atoms with Crippen molar-refractivity contribution in [2.24, 2.45) is 11.7 Å². The molecule has 0 amide bonds. The zero-order valence-corrected chi connectivity index (χ0v) is 6.32. The van der Waals surface area contributed by atoms with Crippen LogP contribution < -0.4 is 5.73 Å². The van der Waals surface area contributed by atoms with Crippen LogP contribution in [0.3, 0.4) is 0 Å². The molecule has 0 aliphatic heterocycles. The Balaban J connectivity index is 3.76. The minimum absolute atomic E-state index is 0.0590. The minimum atomic E-state index is -4.19. The van der Waals surface area contributed by atoms with E-state index < -0.39 is 12.1 Å². The molecule has 0 aliphatic rings. The summed E-state index contributed by atoms with van der Waals surface area (Å²) >= 11 is 0. The van der Waals surface area contributed by atoms with Crippen molar-refractivity contribution < 1.29 is 17.9 Å². The Morgan fingerprint density at radius 1 is 1.45 bits per heavy atom. The Morgan fingerprint density at radius 3 is 2.27 bits per heavy atom. The highest BCUT2D eigenvalue weighted by Crippen LogP contribution is 2.27. The van der Waals surface area contributed by atoms with Crippen LogP contribution in [-0.4, -0.2) is 26.4 Å². The van der Waals surface area contributed by atoms with Gasteiger partial charge in [-0.05, 0) is 6.42 Å². The lowest BCUT2D eigenvalue weighted by molar-refractivity contribution is -0.175. The maximum Gasteiger partial charge on any atom is 0.393 e. The molecule has 0 radical (unpaired) electrons. The Hall–Kier alpha value is -0.290. The van der Waals surface area contributed by atoms with Crippen molar-refractivity contribution in [3.8, 4) is 0 Å². The molecule has 0 aliphatic carbocycles. The van der Waals surface area contributed by atoms with Crippen molar-refractivity contribution in [1.29, 1.82) is 0 Å². The molecule has 0 bridgehead atoms. The van der Waals surface area contributed by atoms with Gasteiger partial charge in [0.15, 0.2) is 0 Å². The number of alkyl halides is 3. The van der Waals surface area contributed by atoms with Crippen LogP contribution >= 0.6 is 0 Å². The SMILES string of the molecule is COCCC(CN)C(F)(F)F. The maximum atomic E-state index is 11.9. The zero-order chi connectivity index (χ0) is 8.91. The molecule has 0 fully saturated rings. The molecular weight excluding hydrogens is 159 g/mol. The van der Waals surface area contributed by atoms with Crippen LogP contribution in [0.2, 0.25) is 0 Å². The summed E-state index contributed by atoms with van der Waals surface area (Å²) in [5, 5.41) is 0. The molecule has 11 heavy (non-hydrogen) atoms. The van der Waals surface area contributed by atoms with Gasteiger partial charge in [0.1, 0.15) is 0 Å². The first-order valence-corrected chi connectivity index (χ1v) is 3.28. The molecule has 5 heteroatoms. The van der Waals surface area contributed by atoms with Gasteiger partial charge in [0.2, 0.25) is 0 Å². The topological polar surface area (TPSA) is 35.2 Å². The summed E-state index contributed by atoms with van der Waals surface area (Å²) in [5.74, 6) is -1.43. The Kier molecular flexibility index (Phi) is 4.44. The maximum absolute atomic E-state index is 11.9. The van der Waals surface area contributed by atoms with Gasteiger partial charge in [-0.25, -0.2) is 0 Å². The fourth-order valence-electron chi connectivity index (χ4n) is 0.675. The van der Waals surface area contributed by atoms with Gasteiger partial charge in [0.25, 0.3) is 0 Å². The number of hydrogen-bond donors (Lipinski definition) is 1. The molecule has 68 valence electrons. The molecule has 0 heterocycles. The lowest BCUT2D eigenvalue weighted by Crippen LogP contribution is -2.31. The Morgan fingerprint density at radius 2 is 2.00 bits per heavy atom. The predicted octanol–water partition coefficient (Wildman–Crippen LogP) is 1.16. The number of nitrogens with two attached hydrogens (primary N) is 1. The van der Waals surface area contributed by atoms with Crippen LogP contribution in [0.4, 0.5) is 13.2 Å². The molecule has 2 N–H and O–H groups in total. The van der Waals surface area contributed by atoms with E-state index in [-0.39, 0.29) is 19.6 Å². The highest BCUT2D eigenvalue weighted by Gasteiger charge is 2.37. The molecule has 0 aromatic heterocycles. The first kappa shape index (κ1) is 10.7. The first-order chi connectivity index (χ1) is 5.02. The van der Waals surface area contributed by atoms with Gasteiger partial charge in [-0.1, -0.05) is 0 Å². The van der Waals surface area contributed by atoms with Gasteiger partial charge in [0.05, 0.1) is 5.92 Å². The van der Waals surface area contributed by atoms with E-state index in [1.54, 1.807) is 0 Å². The fraction of sp³-hybridized carbons (Fsp3) is 1.00. The third kappa shape index (κ3) is 4.21. The van der Waals surface area contributed by atoms with Gasteiger partial charge >= 0.3 is 6.18 Å². The first-order valence-electron chi connectivity index (χ1n) is 3.28. The van der Waals surface area contributed by atoms with Crippen LogP contribution in [0, 0.1) is 5.92 Å². The standard InChI is InChI=1S/C6H12F3NO/c1-11-3-2-5(4-10)6(7,8)9/h5H,2-4,10H2,1H3. The third-order valence-electron chi connectivity index (χ3n) is 1.42. The summed E-state index contributed by atoms with van der Waals surface area (Å²) in [6, 6.07) is 0. The van der Waals surface area contributed by atoms with E-state index in [2.05, 4.69) is 4.74 Å². The van der Waals surface area contributed by atoms with E-state index in [1.165, 1.54) is 7.11 Å². The second kappa shape index (κ2) is 4.56. The summed E-state index contributed by atoms with van der Waals surface area (Å²) in [5.41, 5.74) is 4.92. The van der Waals surface area contributed by atoms with Crippen molar-refractivity contribution in [1.82, 2.24) is 0 Å². The number of methoxy groups -OCH3 is 1. The molecular formula is C6H12F3NO. The van der Waals surface area contributed by atoms with E-state index in [0.717, 1.165) is 0 Å². The number of halogens is 3. The molecule has 0 saturated carbocycles. The monoisotopic (exact) mass is 171 g/mol. The van der Waals surface area contributed by atoms with Crippen molar-refractivity contribution in [3.63, 3.8) is 0 Å². The van der Waals surface area contributed by atoms with Crippen LogP contribution in [0.15, 0.2) is 0 Å². The summed E-state index contributed by atoms with van der Waals surface area (Å²) < 4.78 is 40.2.